The Bertz CT molecular complexity index is 279. The van der Waals surface area contributed by atoms with Gasteiger partial charge in [-0.25, -0.2) is 0 Å². The van der Waals surface area contributed by atoms with E-state index in [0.29, 0.717) is 18.0 Å². The van der Waals surface area contributed by atoms with Crippen molar-refractivity contribution in [3.63, 3.8) is 0 Å². The average Bonchev–Trinajstić information content (AvgIpc) is 2.18. The van der Waals surface area contributed by atoms with Crippen molar-refractivity contribution in [2.24, 2.45) is 0 Å². The molecule has 0 unspecified atom stereocenters. The summed E-state index contributed by atoms with van der Waals surface area (Å²) in [5.41, 5.74) is 4.71. The van der Waals surface area contributed by atoms with Crippen LogP contribution in [0.1, 0.15) is 5.56 Å². The Labute approximate surface area is 89.0 Å². The fourth-order valence-corrected chi connectivity index (χ4v) is 1.09. The maximum absolute atomic E-state index is 9.54. The number of phenols is 1. The van der Waals surface area contributed by atoms with Crippen LogP contribution >= 0.6 is 0 Å². The minimum absolute atomic E-state index is 0. The molecule has 1 rings (SSSR count). The van der Waals surface area contributed by atoms with E-state index in [1.807, 2.05) is 0 Å². The Hall–Kier alpha value is -1.13. The summed E-state index contributed by atoms with van der Waals surface area (Å²) >= 11 is 0. The van der Waals surface area contributed by atoms with E-state index < -0.39 is 0 Å². The van der Waals surface area contributed by atoms with Gasteiger partial charge in [-0.3, -0.25) is 0 Å². The molecule has 0 radical (unpaired) electrons. The molecule has 0 fully saturated rings. The minimum Gasteiger partial charge on any atom is -1.00 e. The second-order valence-electron chi connectivity index (χ2n) is 2.60. The molecule has 0 aromatic heterocycles. The fraction of sp³-hybridized carbons (Fsp3) is 0.333. The number of halogens is 1. The van der Waals surface area contributed by atoms with Gasteiger partial charge in [0.1, 0.15) is 0 Å². The summed E-state index contributed by atoms with van der Waals surface area (Å²) in [6.07, 6.45) is 0. The van der Waals surface area contributed by atoms with Crippen LogP contribution in [-0.4, -0.2) is 19.3 Å². The zero-order valence-electron chi connectivity index (χ0n) is 8.21. The van der Waals surface area contributed by atoms with E-state index in [2.05, 4.69) is 5.73 Å². The van der Waals surface area contributed by atoms with Gasteiger partial charge in [-0.15, -0.1) is 0 Å². The summed E-state index contributed by atoms with van der Waals surface area (Å²) in [5, 5.41) is 9.54. The van der Waals surface area contributed by atoms with E-state index in [-0.39, 0.29) is 18.2 Å². The summed E-state index contributed by atoms with van der Waals surface area (Å²) in [6, 6.07) is 3.48. The van der Waals surface area contributed by atoms with Crippen molar-refractivity contribution in [2.75, 3.05) is 14.2 Å². The topological polar surface area (TPSA) is 66.3 Å². The molecule has 0 aliphatic carbocycles. The molecule has 0 bridgehead atoms. The second kappa shape index (κ2) is 5.57. The third kappa shape index (κ3) is 2.43. The fourth-order valence-electron chi connectivity index (χ4n) is 1.09. The number of quaternary nitrogens is 1. The Morgan fingerprint density at radius 1 is 1.21 bits per heavy atom. The minimum atomic E-state index is 0. The van der Waals surface area contributed by atoms with Gasteiger partial charge in [0.2, 0.25) is 5.75 Å². The van der Waals surface area contributed by atoms with E-state index in [9.17, 15) is 5.11 Å². The lowest BCUT2D eigenvalue weighted by atomic mass is 10.2. The number of benzene rings is 1. The van der Waals surface area contributed by atoms with E-state index in [0.717, 1.165) is 5.56 Å². The third-order valence-corrected chi connectivity index (χ3v) is 1.83. The zero-order chi connectivity index (χ0) is 9.84. The first-order chi connectivity index (χ1) is 6.22. The summed E-state index contributed by atoms with van der Waals surface area (Å²) in [4.78, 5) is 0. The van der Waals surface area contributed by atoms with Gasteiger partial charge < -0.3 is 32.7 Å². The van der Waals surface area contributed by atoms with Crippen molar-refractivity contribution in [2.45, 2.75) is 6.54 Å². The van der Waals surface area contributed by atoms with E-state index in [4.69, 9.17) is 9.47 Å². The van der Waals surface area contributed by atoms with E-state index >= 15 is 0 Å². The first-order valence-corrected chi connectivity index (χ1v) is 3.96. The average molecular weight is 220 g/mol. The molecule has 0 aliphatic rings. The lowest BCUT2D eigenvalue weighted by molar-refractivity contribution is -0.386. The molecule has 0 aliphatic heterocycles. The second-order valence-corrected chi connectivity index (χ2v) is 2.60. The Morgan fingerprint density at radius 3 is 1.93 bits per heavy atom. The smallest absolute Gasteiger partial charge is 0.200 e. The SMILES string of the molecule is COc1cc(C[NH3+])cc(OC)c1O.[Cl-]. The van der Waals surface area contributed by atoms with Crippen LogP contribution in [0.4, 0.5) is 0 Å². The number of aromatic hydroxyl groups is 1. The number of methoxy groups -OCH3 is 2. The van der Waals surface area contributed by atoms with Crippen LogP contribution in [-0.2, 0) is 6.54 Å². The summed E-state index contributed by atoms with van der Waals surface area (Å²) in [7, 11) is 3.00. The van der Waals surface area contributed by atoms with Crippen LogP contribution < -0.4 is 27.6 Å². The van der Waals surface area contributed by atoms with Gasteiger partial charge in [0.05, 0.1) is 20.8 Å². The van der Waals surface area contributed by atoms with Gasteiger partial charge in [-0.2, -0.15) is 0 Å². The normalized spacial score (nSPS) is 9.07. The van der Waals surface area contributed by atoms with E-state index in [1.54, 1.807) is 12.1 Å². The van der Waals surface area contributed by atoms with Crippen molar-refractivity contribution in [3.05, 3.63) is 17.7 Å². The lowest BCUT2D eigenvalue weighted by Crippen LogP contribution is -3.00. The number of rotatable bonds is 3. The predicted octanol–water partition coefficient (Wildman–Crippen LogP) is -2.84. The van der Waals surface area contributed by atoms with Gasteiger partial charge in [-0.05, 0) is 12.1 Å². The summed E-state index contributed by atoms with van der Waals surface area (Å²) in [5.74, 6) is 0.859. The maximum Gasteiger partial charge on any atom is 0.200 e. The number of ether oxygens (including phenoxy) is 2. The zero-order valence-corrected chi connectivity index (χ0v) is 8.97. The molecule has 4 nitrogen and oxygen atoms in total. The molecular weight excluding hydrogens is 206 g/mol. The quantitative estimate of drug-likeness (QED) is 0.576. The van der Waals surface area contributed by atoms with Crippen LogP contribution in [0.5, 0.6) is 17.2 Å². The van der Waals surface area contributed by atoms with Gasteiger partial charge in [0.25, 0.3) is 0 Å². The molecule has 0 saturated carbocycles. The Morgan fingerprint density at radius 2 is 1.64 bits per heavy atom. The van der Waals surface area contributed by atoms with Crippen molar-refractivity contribution in [1.29, 1.82) is 0 Å². The molecular formula is C9H14ClNO3. The highest BCUT2D eigenvalue weighted by Gasteiger charge is 2.10. The molecule has 1 aromatic rings. The Balaban J connectivity index is 0.00000169. The molecule has 4 N–H and O–H groups in total. The van der Waals surface area contributed by atoms with Crippen LogP contribution in [0.3, 0.4) is 0 Å². The highest BCUT2D eigenvalue weighted by Crippen LogP contribution is 2.36. The van der Waals surface area contributed by atoms with Crippen molar-refractivity contribution < 1.29 is 32.7 Å². The first-order valence-electron chi connectivity index (χ1n) is 3.96. The Kier molecular flexibility index (Phi) is 5.12. The standard InChI is InChI=1S/C9H13NO3.ClH/c1-12-7-3-6(5-10)4-8(13-2)9(7)11;/h3-4,11H,5,10H2,1-2H3;1H. The largest absolute Gasteiger partial charge is 1.00 e. The number of phenolic OH excluding ortho intramolecular Hbond substituents is 1. The van der Waals surface area contributed by atoms with Gasteiger partial charge in [0, 0.05) is 5.56 Å². The lowest BCUT2D eigenvalue weighted by Gasteiger charge is -2.09. The highest BCUT2D eigenvalue weighted by molar-refractivity contribution is 5.52. The van der Waals surface area contributed by atoms with Gasteiger partial charge in [-0.1, -0.05) is 0 Å². The maximum atomic E-state index is 9.54. The molecule has 0 amide bonds. The number of hydrogen-bond acceptors (Lipinski definition) is 3. The van der Waals surface area contributed by atoms with Crippen LogP contribution in [0.15, 0.2) is 12.1 Å². The first kappa shape index (κ1) is 12.9. The van der Waals surface area contributed by atoms with E-state index in [1.165, 1.54) is 14.2 Å². The number of hydrogen-bond donors (Lipinski definition) is 2. The van der Waals surface area contributed by atoms with Crippen LogP contribution in [0.2, 0.25) is 0 Å². The summed E-state index contributed by atoms with van der Waals surface area (Å²) in [6.45, 7) is 0.632. The highest BCUT2D eigenvalue weighted by atomic mass is 35.5. The van der Waals surface area contributed by atoms with Gasteiger partial charge >= 0.3 is 0 Å². The van der Waals surface area contributed by atoms with Crippen molar-refractivity contribution in [3.8, 4) is 17.2 Å². The third-order valence-electron chi connectivity index (χ3n) is 1.83. The summed E-state index contributed by atoms with van der Waals surface area (Å²) < 4.78 is 9.94. The van der Waals surface area contributed by atoms with Crippen molar-refractivity contribution >= 4 is 0 Å². The molecule has 5 heteroatoms. The molecule has 1 aromatic carbocycles. The molecule has 0 atom stereocenters. The molecule has 0 heterocycles. The molecule has 14 heavy (non-hydrogen) atoms. The van der Waals surface area contributed by atoms with Gasteiger partial charge in [0.15, 0.2) is 11.5 Å². The molecule has 80 valence electrons. The molecule has 0 spiro atoms. The van der Waals surface area contributed by atoms with Crippen LogP contribution in [0, 0.1) is 0 Å². The monoisotopic (exact) mass is 219 g/mol. The van der Waals surface area contributed by atoms with Crippen LogP contribution in [0.25, 0.3) is 0 Å². The predicted molar refractivity (Wildman–Crippen MR) is 47.8 cm³/mol. The van der Waals surface area contributed by atoms with Crippen molar-refractivity contribution in [1.82, 2.24) is 0 Å². The molecule has 0 saturated heterocycles.